The number of aromatic nitrogens is 2. The van der Waals surface area contributed by atoms with Gasteiger partial charge in [-0.2, -0.15) is 4.98 Å². The van der Waals surface area contributed by atoms with Crippen molar-refractivity contribution in [2.75, 3.05) is 19.6 Å². The van der Waals surface area contributed by atoms with E-state index < -0.39 is 6.16 Å². The van der Waals surface area contributed by atoms with Crippen LogP contribution >= 0.6 is 11.3 Å². The second kappa shape index (κ2) is 8.53. The SMILES string of the molecule is O=C(O)OC1CCN(CCc2ccc(Oc3nc4ncccc4s3)cc2)CC1. The molecule has 3 aromatic rings. The maximum absolute atomic E-state index is 10.6. The van der Waals surface area contributed by atoms with Crippen LogP contribution in [0, 0.1) is 0 Å². The van der Waals surface area contributed by atoms with Gasteiger partial charge in [0, 0.05) is 25.8 Å². The number of benzene rings is 1. The summed E-state index contributed by atoms with van der Waals surface area (Å²) in [5, 5.41) is 9.27. The number of hydrogen-bond donors (Lipinski definition) is 1. The number of fused-ring (bicyclic) bond motifs is 1. The summed E-state index contributed by atoms with van der Waals surface area (Å²) in [6.45, 7) is 2.68. The molecule has 4 rings (SSSR count). The van der Waals surface area contributed by atoms with E-state index in [4.69, 9.17) is 14.6 Å². The molecule has 28 heavy (non-hydrogen) atoms. The minimum absolute atomic E-state index is 0.164. The Hall–Kier alpha value is -2.71. The summed E-state index contributed by atoms with van der Waals surface area (Å²) >= 11 is 1.48. The van der Waals surface area contributed by atoms with Crippen LogP contribution in [0.2, 0.25) is 0 Å². The molecular weight excluding hydrogens is 378 g/mol. The number of hydrogen-bond acceptors (Lipinski definition) is 7. The molecule has 0 saturated carbocycles. The van der Waals surface area contributed by atoms with Gasteiger partial charge in [-0.15, -0.1) is 0 Å². The minimum Gasteiger partial charge on any atom is -0.450 e. The van der Waals surface area contributed by atoms with Crippen molar-refractivity contribution in [2.24, 2.45) is 0 Å². The number of likely N-dealkylation sites (tertiary alicyclic amines) is 1. The number of carbonyl (C=O) groups is 1. The molecule has 0 spiro atoms. The van der Waals surface area contributed by atoms with Crippen LogP contribution < -0.4 is 4.74 Å². The van der Waals surface area contributed by atoms with Crippen molar-refractivity contribution >= 4 is 27.8 Å². The van der Waals surface area contributed by atoms with Crippen LogP contribution in [-0.4, -0.2) is 51.9 Å². The Balaban J connectivity index is 1.26. The summed E-state index contributed by atoms with van der Waals surface area (Å²) < 4.78 is 11.7. The van der Waals surface area contributed by atoms with E-state index in [1.54, 1.807) is 6.20 Å². The molecule has 1 aromatic carbocycles. The van der Waals surface area contributed by atoms with E-state index in [9.17, 15) is 4.79 Å². The van der Waals surface area contributed by atoms with Crippen molar-refractivity contribution in [1.29, 1.82) is 0 Å². The van der Waals surface area contributed by atoms with Crippen molar-refractivity contribution in [2.45, 2.75) is 25.4 Å². The molecule has 1 fully saturated rings. The van der Waals surface area contributed by atoms with E-state index in [0.29, 0.717) is 10.8 Å². The first-order valence-electron chi connectivity index (χ1n) is 9.26. The van der Waals surface area contributed by atoms with E-state index in [2.05, 4.69) is 27.0 Å². The molecule has 0 radical (unpaired) electrons. The second-order valence-corrected chi connectivity index (χ2v) is 7.72. The number of carboxylic acid groups (broad SMARTS) is 1. The molecule has 3 heterocycles. The molecule has 8 heteroatoms. The highest BCUT2D eigenvalue weighted by Crippen LogP contribution is 2.30. The predicted octanol–water partition coefficient (Wildman–Crippen LogP) is 4.19. The van der Waals surface area contributed by atoms with Gasteiger partial charge in [0.25, 0.3) is 5.19 Å². The van der Waals surface area contributed by atoms with Crippen LogP contribution in [0.5, 0.6) is 10.9 Å². The molecule has 0 bridgehead atoms. The zero-order valence-corrected chi connectivity index (χ0v) is 16.1. The first-order valence-corrected chi connectivity index (χ1v) is 10.1. The zero-order chi connectivity index (χ0) is 19.3. The first kappa shape index (κ1) is 18.6. The van der Waals surface area contributed by atoms with E-state index in [1.165, 1.54) is 16.9 Å². The highest BCUT2D eigenvalue weighted by molar-refractivity contribution is 7.20. The third-order valence-electron chi connectivity index (χ3n) is 4.79. The number of nitrogens with zero attached hydrogens (tertiary/aromatic N) is 3. The summed E-state index contributed by atoms with van der Waals surface area (Å²) in [5.74, 6) is 0.759. The van der Waals surface area contributed by atoms with Gasteiger partial charge in [-0.25, -0.2) is 9.78 Å². The highest BCUT2D eigenvalue weighted by atomic mass is 32.1. The summed E-state index contributed by atoms with van der Waals surface area (Å²) in [6, 6.07) is 11.9. The monoisotopic (exact) mass is 399 g/mol. The summed E-state index contributed by atoms with van der Waals surface area (Å²) in [6.07, 6.45) is 2.84. The molecule has 1 N–H and O–H groups in total. The summed E-state index contributed by atoms with van der Waals surface area (Å²) in [4.78, 5) is 21.5. The third kappa shape index (κ3) is 4.76. The first-order chi connectivity index (χ1) is 13.7. The molecule has 2 aromatic heterocycles. The average Bonchev–Trinajstić information content (AvgIpc) is 3.10. The van der Waals surface area contributed by atoms with Gasteiger partial charge in [-0.05, 0) is 49.1 Å². The lowest BCUT2D eigenvalue weighted by molar-refractivity contribution is 0.0201. The Morgan fingerprint density at radius 1 is 1.21 bits per heavy atom. The summed E-state index contributed by atoms with van der Waals surface area (Å²) in [7, 11) is 0. The van der Waals surface area contributed by atoms with Crippen LogP contribution in [0.1, 0.15) is 18.4 Å². The quantitative estimate of drug-likeness (QED) is 0.622. The molecule has 1 saturated heterocycles. The van der Waals surface area contributed by atoms with Gasteiger partial charge in [0.05, 0.1) is 4.70 Å². The van der Waals surface area contributed by atoms with Crippen molar-refractivity contribution in [3.05, 3.63) is 48.2 Å². The smallest absolute Gasteiger partial charge is 0.450 e. The second-order valence-electron chi connectivity index (χ2n) is 6.73. The van der Waals surface area contributed by atoms with Gasteiger partial charge in [-0.3, -0.25) is 0 Å². The Morgan fingerprint density at radius 3 is 2.71 bits per heavy atom. The van der Waals surface area contributed by atoms with Crippen LogP contribution in [0.4, 0.5) is 4.79 Å². The van der Waals surface area contributed by atoms with Crippen molar-refractivity contribution < 1.29 is 19.4 Å². The topological polar surface area (TPSA) is 84.8 Å². The van der Waals surface area contributed by atoms with Crippen molar-refractivity contribution in [1.82, 2.24) is 14.9 Å². The maximum Gasteiger partial charge on any atom is 0.506 e. The molecule has 7 nitrogen and oxygen atoms in total. The fourth-order valence-corrected chi connectivity index (χ4v) is 4.09. The largest absolute Gasteiger partial charge is 0.506 e. The van der Waals surface area contributed by atoms with E-state index in [-0.39, 0.29) is 6.10 Å². The molecular formula is C20H21N3O4S. The Morgan fingerprint density at radius 2 is 2.00 bits per heavy atom. The standard InChI is InChI=1S/C20H21N3O4S/c24-20(25)27-16-8-12-23(13-9-16)11-7-14-3-5-15(6-4-14)26-19-22-18-17(28-19)2-1-10-21-18/h1-6,10,16H,7-9,11-13H2,(H,24,25). The van der Waals surface area contributed by atoms with Gasteiger partial charge in [0.15, 0.2) is 5.65 Å². The number of pyridine rings is 1. The molecule has 146 valence electrons. The average molecular weight is 399 g/mol. The molecule has 1 aliphatic rings. The van der Waals surface area contributed by atoms with Gasteiger partial charge >= 0.3 is 6.16 Å². The molecule has 0 amide bonds. The lowest BCUT2D eigenvalue weighted by atomic mass is 10.1. The zero-order valence-electron chi connectivity index (χ0n) is 15.3. The lowest BCUT2D eigenvalue weighted by Gasteiger charge is -2.30. The number of piperidine rings is 1. The highest BCUT2D eigenvalue weighted by Gasteiger charge is 2.21. The Bertz CT molecular complexity index is 903. The fraction of sp³-hybridized carbons (Fsp3) is 0.350. The maximum atomic E-state index is 10.6. The van der Waals surface area contributed by atoms with Gasteiger partial charge < -0.3 is 19.5 Å². The van der Waals surface area contributed by atoms with E-state index in [0.717, 1.165) is 49.3 Å². The van der Waals surface area contributed by atoms with Gasteiger partial charge in [-0.1, -0.05) is 23.5 Å². The lowest BCUT2D eigenvalue weighted by Crippen LogP contribution is -2.38. The number of ether oxygens (including phenoxy) is 2. The van der Waals surface area contributed by atoms with Crippen molar-refractivity contribution in [3.63, 3.8) is 0 Å². The summed E-state index contributed by atoms with van der Waals surface area (Å²) in [5.41, 5.74) is 1.94. The van der Waals surface area contributed by atoms with E-state index in [1.807, 2.05) is 24.3 Å². The third-order valence-corrected chi connectivity index (χ3v) is 5.68. The van der Waals surface area contributed by atoms with Gasteiger partial charge in [0.1, 0.15) is 11.9 Å². The minimum atomic E-state index is -1.18. The Kier molecular flexibility index (Phi) is 5.68. The van der Waals surface area contributed by atoms with Crippen LogP contribution in [0.3, 0.4) is 0 Å². The molecule has 0 aliphatic carbocycles. The van der Waals surface area contributed by atoms with Crippen LogP contribution in [-0.2, 0) is 11.2 Å². The molecule has 0 atom stereocenters. The molecule has 1 aliphatic heterocycles. The normalized spacial score (nSPS) is 15.6. The van der Waals surface area contributed by atoms with E-state index >= 15 is 0 Å². The number of rotatable bonds is 6. The van der Waals surface area contributed by atoms with Crippen LogP contribution in [0.15, 0.2) is 42.6 Å². The Labute approximate surface area is 166 Å². The van der Waals surface area contributed by atoms with Crippen LogP contribution in [0.25, 0.3) is 10.3 Å². The van der Waals surface area contributed by atoms with Crippen molar-refractivity contribution in [3.8, 4) is 10.9 Å². The molecule has 0 unspecified atom stereocenters. The predicted molar refractivity (Wildman–Crippen MR) is 106 cm³/mol. The fourth-order valence-electron chi connectivity index (χ4n) is 3.30. The number of thiazole rings is 1. The van der Waals surface area contributed by atoms with Gasteiger partial charge in [0.2, 0.25) is 0 Å².